The summed E-state index contributed by atoms with van der Waals surface area (Å²) >= 11 is 0. The monoisotopic (exact) mass is 189 g/mol. The van der Waals surface area contributed by atoms with Gasteiger partial charge in [0.25, 0.3) is 0 Å². The van der Waals surface area contributed by atoms with Gasteiger partial charge in [-0.1, -0.05) is 11.2 Å². The molecule has 4 heteroatoms. The molecule has 0 aliphatic carbocycles. The lowest BCUT2D eigenvalue weighted by Crippen LogP contribution is -2.01. The van der Waals surface area contributed by atoms with Gasteiger partial charge in [0.05, 0.1) is 11.4 Å². The van der Waals surface area contributed by atoms with E-state index in [1.165, 1.54) is 0 Å². The van der Waals surface area contributed by atoms with Crippen LogP contribution in [0.25, 0.3) is 5.65 Å². The zero-order valence-corrected chi connectivity index (χ0v) is 8.10. The Balaban J connectivity index is 2.81. The average Bonchev–Trinajstić information content (AvgIpc) is 2.53. The number of imidazole rings is 1. The zero-order valence-electron chi connectivity index (χ0n) is 8.10. The summed E-state index contributed by atoms with van der Waals surface area (Å²) in [7, 11) is 0. The zero-order chi connectivity index (χ0) is 10.1. The summed E-state index contributed by atoms with van der Waals surface area (Å²) in [6, 6.07) is 5.76. The molecule has 0 spiro atoms. The quantitative estimate of drug-likeness (QED) is 0.422. The summed E-state index contributed by atoms with van der Waals surface area (Å²) in [4.78, 5) is 4.35. The Bertz CT molecular complexity index is 499. The summed E-state index contributed by atoms with van der Waals surface area (Å²) in [5, 5.41) is 11.9. The molecular formula is C10H11N3O. The van der Waals surface area contributed by atoms with E-state index in [2.05, 4.69) is 10.1 Å². The average molecular weight is 189 g/mol. The molecule has 2 rings (SSSR count). The molecule has 0 aliphatic rings. The minimum atomic E-state index is 0.571. The van der Waals surface area contributed by atoms with E-state index in [0.29, 0.717) is 5.71 Å². The molecule has 72 valence electrons. The Labute approximate surface area is 81.5 Å². The maximum Gasteiger partial charge on any atom is 0.137 e. The lowest BCUT2D eigenvalue weighted by Gasteiger charge is -1.99. The van der Waals surface area contributed by atoms with Crippen molar-refractivity contribution in [2.45, 2.75) is 13.8 Å². The summed E-state index contributed by atoms with van der Waals surface area (Å²) in [6.07, 6.45) is 1.90. The predicted molar refractivity (Wildman–Crippen MR) is 53.9 cm³/mol. The van der Waals surface area contributed by atoms with Crippen LogP contribution in [0, 0.1) is 6.92 Å². The van der Waals surface area contributed by atoms with Crippen LogP contribution >= 0.6 is 0 Å². The van der Waals surface area contributed by atoms with Gasteiger partial charge in [0, 0.05) is 6.20 Å². The molecule has 0 aromatic carbocycles. The molecule has 0 fully saturated rings. The number of hydrogen-bond acceptors (Lipinski definition) is 3. The maximum atomic E-state index is 8.74. The highest BCUT2D eigenvalue weighted by Crippen LogP contribution is 2.12. The molecule has 1 N–H and O–H groups in total. The van der Waals surface area contributed by atoms with E-state index in [1.54, 1.807) is 6.92 Å². The minimum absolute atomic E-state index is 0.571. The van der Waals surface area contributed by atoms with Gasteiger partial charge in [-0.2, -0.15) is 0 Å². The normalized spacial score (nSPS) is 12.3. The Morgan fingerprint density at radius 2 is 2.29 bits per heavy atom. The van der Waals surface area contributed by atoms with E-state index in [0.717, 1.165) is 17.0 Å². The Kier molecular flexibility index (Phi) is 1.96. The Morgan fingerprint density at radius 1 is 1.50 bits per heavy atom. The Morgan fingerprint density at radius 3 is 3.00 bits per heavy atom. The first-order valence-corrected chi connectivity index (χ1v) is 4.36. The van der Waals surface area contributed by atoms with E-state index in [-0.39, 0.29) is 0 Å². The topological polar surface area (TPSA) is 49.9 Å². The number of rotatable bonds is 1. The molecule has 2 aromatic heterocycles. The number of oxime groups is 1. The van der Waals surface area contributed by atoms with Gasteiger partial charge in [0.15, 0.2) is 0 Å². The summed E-state index contributed by atoms with van der Waals surface area (Å²) in [6.45, 7) is 3.65. The minimum Gasteiger partial charge on any atom is -0.411 e. The standard InChI is InChI=1S/C10H11N3O/c1-7-10(8(2)12-14)13-6-4-3-5-9(13)11-7/h3-6,14H,1-2H3/b12-8-. The van der Waals surface area contributed by atoms with Gasteiger partial charge >= 0.3 is 0 Å². The molecule has 4 nitrogen and oxygen atoms in total. The SMILES string of the molecule is C/C(=N/O)c1c(C)nc2ccccn12. The van der Waals surface area contributed by atoms with Gasteiger partial charge in [-0.25, -0.2) is 4.98 Å². The second kappa shape index (κ2) is 3.14. The van der Waals surface area contributed by atoms with Gasteiger partial charge < -0.3 is 5.21 Å². The highest BCUT2D eigenvalue weighted by atomic mass is 16.4. The number of pyridine rings is 1. The number of nitrogens with zero attached hydrogens (tertiary/aromatic N) is 3. The van der Waals surface area contributed by atoms with Gasteiger partial charge in [0.1, 0.15) is 11.4 Å². The molecule has 0 aliphatic heterocycles. The van der Waals surface area contributed by atoms with Crippen LogP contribution in [0.15, 0.2) is 29.6 Å². The lowest BCUT2D eigenvalue weighted by molar-refractivity contribution is 0.319. The molecule has 0 radical (unpaired) electrons. The number of hydrogen-bond donors (Lipinski definition) is 1. The van der Waals surface area contributed by atoms with Crippen molar-refractivity contribution in [2.75, 3.05) is 0 Å². The van der Waals surface area contributed by atoms with Crippen molar-refractivity contribution in [2.24, 2.45) is 5.16 Å². The lowest BCUT2D eigenvalue weighted by atomic mass is 10.2. The van der Waals surface area contributed by atoms with Crippen LogP contribution in [0.5, 0.6) is 0 Å². The molecule has 0 unspecified atom stereocenters. The third-order valence-electron chi connectivity index (χ3n) is 2.20. The van der Waals surface area contributed by atoms with Crippen molar-refractivity contribution in [3.8, 4) is 0 Å². The number of aryl methyl sites for hydroxylation is 1. The first-order chi connectivity index (χ1) is 6.74. The van der Waals surface area contributed by atoms with Crippen LogP contribution in [0.3, 0.4) is 0 Å². The molecular weight excluding hydrogens is 178 g/mol. The fourth-order valence-corrected chi connectivity index (χ4v) is 1.60. The highest BCUT2D eigenvalue weighted by Gasteiger charge is 2.10. The second-order valence-electron chi connectivity index (χ2n) is 3.16. The molecule has 14 heavy (non-hydrogen) atoms. The van der Waals surface area contributed by atoms with Gasteiger partial charge in [-0.05, 0) is 26.0 Å². The van der Waals surface area contributed by atoms with E-state index < -0.39 is 0 Å². The first-order valence-electron chi connectivity index (χ1n) is 4.36. The molecule has 2 heterocycles. The molecule has 2 aromatic rings. The van der Waals surface area contributed by atoms with Gasteiger partial charge in [-0.15, -0.1) is 0 Å². The van der Waals surface area contributed by atoms with Crippen LogP contribution in [-0.2, 0) is 0 Å². The summed E-state index contributed by atoms with van der Waals surface area (Å²) in [5.41, 5.74) is 3.15. The fraction of sp³-hybridized carbons (Fsp3) is 0.200. The van der Waals surface area contributed by atoms with Crippen molar-refractivity contribution < 1.29 is 5.21 Å². The van der Waals surface area contributed by atoms with Crippen LogP contribution in [-0.4, -0.2) is 20.3 Å². The van der Waals surface area contributed by atoms with Crippen molar-refractivity contribution >= 4 is 11.4 Å². The Hall–Kier alpha value is -1.84. The van der Waals surface area contributed by atoms with Crippen LogP contribution in [0.4, 0.5) is 0 Å². The smallest absolute Gasteiger partial charge is 0.137 e. The van der Waals surface area contributed by atoms with E-state index >= 15 is 0 Å². The number of aromatic nitrogens is 2. The van der Waals surface area contributed by atoms with Crippen LogP contribution in [0.2, 0.25) is 0 Å². The van der Waals surface area contributed by atoms with Crippen LogP contribution < -0.4 is 0 Å². The van der Waals surface area contributed by atoms with Crippen molar-refractivity contribution in [3.63, 3.8) is 0 Å². The molecule has 0 amide bonds. The molecule has 0 saturated heterocycles. The first kappa shape index (κ1) is 8.74. The van der Waals surface area contributed by atoms with Gasteiger partial charge in [0.2, 0.25) is 0 Å². The highest BCUT2D eigenvalue weighted by molar-refractivity contribution is 5.98. The molecule has 0 atom stereocenters. The predicted octanol–water partition coefficient (Wildman–Crippen LogP) is 1.84. The third kappa shape index (κ3) is 1.16. The summed E-state index contributed by atoms with van der Waals surface area (Å²) in [5.74, 6) is 0. The van der Waals surface area contributed by atoms with E-state index in [1.807, 2.05) is 35.7 Å². The van der Waals surface area contributed by atoms with Gasteiger partial charge in [-0.3, -0.25) is 4.40 Å². The fourth-order valence-electron chi connectivity index (χ4n) is 1.60. The van der Waals surface area contributed by atoms with Crippen molar-refractivity contribution in [1.29, 1.82) is 0 Å². The molecule has 0 bridgehead atoms. The van der Waals surface area contributed by atoms with Crippen molar-refractivity contribution in [1.82, 2.24) is 9.38 Å². The molecule has 0 saturated carbocycles. The third-order valence-corrected chi connectivity index (χ3v) is 2.20. The van der Waals surface area contributed by atoms with E-state index in [9.17, 15) is 0 Å². The largest absolute Gasteiger partial charge is 0.411 e. The summed E-state index contributed by atoms with van der Waals surface area (Å²) < 4.78 is 1.91. The maximum absolute atomic E-state index is 8.74. The second-order valence-corrected chi connectivity index (χ2v) is 3.16. The van der Waals surface area contributed by atoms with Crippen molar-refractivity contribution in [3.05, 3.63) is 35.8 Å². The van der Waals surface area contributed by atoms with Crippen LogP contribution in [0.1, 0.15) is 18.3 Å². The van der Waals surface area contributed by atoms with E-state index in [4.69, 9.17) is 5.21 Å². The number of fused-ring (bicyclic) bond motifs is 1.